The number of nitrogens with one attached hydrogen (secondary N) is 1. The first kappa shape index (κ1) is 11.7. The third-order valence-corrected chi connectivity index (χ3v) is 3.66. The maximum absolute atomic E-state index is 6.13. The minimum absolute atomic E-state index is 0.630. The van der Waals surface area contributed by atoms with E-state index in [-0.39, 0.29) is 0 Å². The van der Waals surface area contributed by atoms with Gasteiger partial charge in [-0.3, -0.25) is 0 Å². The molecule has 1 saturated heterocycles. The van der Waals surface area contributed by atoms with Crippen molar-refractivity contribution in [2.24, 2.45) is 0 Å². The molecule has 1 aromatic rings. The van der Waals surface area contributed by atoms with Crippen LogP contribution in [0.15, 0.2) is 18.2 Å². The third kappa shape index (κ3) is 2.69. The van der Waals surface area contributed by atoms with Crippen LogP contribution in [0.5, 0.6) is 0 Å². The fraction of sp³-hybridized carbons (Fsp3) is 0.538. The number of rotatable bonds is 3. The Morgan fingerprint density at radius 1 is 1.50 bits per heavy atom. The molecule has 0 saturated carbocycles. The summed E-state index contributed by atoms with van der Waals surface area (Å²) in [5.74, 6) is 0. The summed E-state index contributed by atoms with van der Waals surface area (Å²) in [5, 5.41) is 4.36. The number of anilines is 1. The molecule has 0 spiro atoms. The second kappa shape index (κ2) is 5.07. The summed E-state index contributed by atoms with van der Waals surface area (Å²) in [5.41, 5.74) is 2.34. The molecule has 1 heterocycles. The maximum atomic E-state index is 6.13. The Balaban J connectivity index is 2.02. The van der Waals surface area contributed by atoms with E-state index in [1.807, 2.05) is 13.0 Å². The molecule has 3 heteroatoms. The Morgan fingerprint density at radius 2 is 2.31 bits per heavy atom. The minimum Gasteiger partial charge on any atom is -0.373 e. The molecule has 1 aliphatic rings. The fourth-order valence-corrected chi connectivity index (χ4v) is 2.34. The number of benzene rings is 1. The van der Waals surface area contributed by atoms with Gasteiger partial charge in [0.2, 0.25) is 0 Å². The van der Waals surface area contributed by atoms with Crippen LogP contribution in [-0.4, -0.2) is 26.2 Å². The van der Waals surface area contributed by atoms with Crippen LogP contribution in [0.3, 0.4) is 0 Å². The number of halogens is 1. The van der Waals surface area contributed by atoms with Gasteiger partial charge in [-0.2, -0.15) is 0 Å². The van der Waals surface area contributed by atoms with E-state index in [1.165, 1.54) is 18.5 Å². The number of hydrogen-bond donors (Lipinski definition) is 1. The molecule has 1 N–H and O–H groups in total. The molecule has 1 aliphatic heterocycles. The highest BCUT2D eigenvalue weighted by Crippen LogP contribution is 2.23. The molecular weight excluding hydrogens is 220 g/mol. The molecule has 16 heavy (non-hydrogen) atoms. The summed E-state index contributed by atoms with van der Waals surface area (Å²) < 4.78 is 0. The lowest BCUT2D eigenvalue weighted by Crippen LogP contribution is -2.35. The van der Waals surface area contributed by atoms with E-state index in [0.717, 1.165) is 23.7 Å². The summed E-state index contributed by atoms with van der Waals surface area (Å²) in [6.45, 7) is 4.25. The molecule has 0 bridgehead atoms. The van der Waals surface area contributed by atoms with Crippen molar-refractivity contribution in [2.45, 2.75) is 25.8 Å². The van der Waals surface area contributed by atoms with Gasteiger partial charge in [-0.05, 0) is 44.0 Å². The van der Waals surface area contributed by atoms with Crippen molar-refractivity contribution in [2.75, 3.05) is 25.0 Å². The van der Waals surface area contributed by atoms with Gasteiger partial charge in [0.25, 0.3) is 0 Å². The second-order valence-electron chi connectivity index (χ2n) is 4.61. The predicted molar refractivity (Wildman–Crippen MR) is 70.5 cm³/mol. The van der Waals surface area contributed by atoms with Gasteiger partial charge in [0, 0.05) is 30.3 Å². The zero-order valence-electron chi connectivity index (χ0n) is 9.96. The van der Waals surface area contributed by atoms with Gasteiger partial charge in [-0.25, -0.2) is 0 Å². The first-order valence-electron chi connectivity index (χ1n) is 5.87. The van der Waals surface area contributed by atoms with E-state index >= 15 is 0 Å². The fourth-order valence-electron chi connectivity index (χ4n) is 2.17. The Hall–Kier alpha value is -0.730. The molecule has 1 unspecified atom stereocenters. The maximum Gasteiger partial charge on any atom is 0.0455 e. The first-order chi connectivity index (χ1) is 7.66. The highest BCUT2D eigenvalue weighted by Gasteiger charge is 2.16. The van der Waals surface area contributed by atoms with Crippen LogP contribution in [0.25, 0.3) is 0 Å². The zero-order chi connectivity index (χ0) is 11.5. The molecule has 1 atom stereocenters. The Kier molecular flexibility index (Phi) is 3.72. The van der Waals surface area contributed by atoms with Crippen molar-refractivity contribution in [3.8, 4) is 0 Å². The van der Waals surface area contributed by atoms with Crippen molar-refractivity contribution in [3.63, 3.8) is 0 Å². The molecule has 2 rings (SSSR count). The number of nitrogens with zero attached hydrogens (tertiary/aromatic N) is 1. The summed E-state index contributed by atoms with van der Waals surface area (Å²) >= 11 is 6.13. The number of hydrogen-bond acceptors (Lipinski definition) is 2. The highest BCUT2D eigenvalue weighted by atomic mass is 35.5. The molecule has 1 aromatic carbocycles. The average molecular weight is 239 g/mol. The first-order valence-corrected chi connectivity index (χ1v) is 6.25. The van der Waals surface area contributed by atoms with E-state index in [0.29, 0.717) is 6.04 Å². The predicted octanol–water partition coefficient (Wildman–Crippen LogP) is 2.84. The van der Waals surface area contributed by atoms with Gasteiger partial charge in [0.15, 0.2) is 0 Å². The molecule has 0 amide bonds. The van der Waals surface area contributed by atoms with Crippen LogP contribution in [0.4, 0.5) is 5.69 Å². The van der Waals surface area contributed by atoms with Gasteiger partial charge in [0.1, 0.15) is 0 Å². The second-order valence-corrected chi connectivity index (χ2v) is 5.01. The van der Waals surface area contributed by atoms with Gasteiger partial charge in [0.05, 0.1) is 0 Å². The average Bonchev–Trinajstić information content (AvgIpc) is 2.74. The Labute approximate surface area is 103 Å². The summed E-state index contributed by atoms with van der Waals surface area (Å²) in [6, 6.07) is 6.89. The summed E-state index contributed by atoms with van der Waals surface area (Å²) in [4.78, 5) is 2.27. The number of aryl methyl sites for hydroxylation is 1. The van der Waals surface area contributed by atoms with Gasteiger partial charge >= 0.3 is 0 Å². The van der Waals surface area contributed by atoms with Gasteiger partial charge < -0.3 is 10.2 Å². The number of likely N-dealkylation sites (N-methyl/N-ethyl adjacent to an activating group) is 1. The lowest BCUT2D eigenvalue weighted by molar-refractivity contribution is 0.600. The SMILES string of the molecule is Cc1ccc(N(C)CC2CCCN2)cc1Cl. The van der Waals surface area contributed by atoms with Crippen molar-refractivity contribution >= 4 is 17.3 Å². The Bertz CT molecular complexity index is 359. The standard InChI is InChI=1S/C13H19ClN2/c1-10-5-6-12(8-13(10)14)16(2)9-11-4-3-7-15-11/h5-6,8,11,15H,3-4,7,9H2,1-2H3. The molecule has 0 radical (unpaired) electrons. The molecule has 2 nitrogen and oxygen atoms in total. The largest absolute Gasteiger partial charge is 0.373 e. The normalized spacial score (nSPS) is 20.1. The van der Waals surface area contributed by atoms with E-state index in [9.17, 15) is 0 Å². The van der Waals surface area contributed by atoms with Crippen LogP contribution in [0.2, 0.25) is 5.02 Å². The van der Waals surface area contributed by atoms with E-state index in [1.54, 1.807) is 0 Å². The molecule has 0 aromatic heterocycles. The minimum atomic E-state index is 0.630. The van der Waals surface area contributed by atoms with Crippen LogP contribution in [0, 0.1) is 6.92 Å². The van der Waals surface area contributed by atoms with Crippen LogP contribution in [0.1, 0.15) is 18.4 Å². The monoisotopic (exact) mass is 238 g/mol. The van der Waals surface area contributed by atoms with E-state index in [2.05, 4.69) is 29.4 Å². The van der Waals surface area contributed by atoms with Gasteiger partial charge in [-0.15, -0.1) is 0 Å². The zero-order valence-corrected chi connectivity index (χ0v) is 10.7. The lowest BCUT2D eigenvalue weighted by atomic mass is 10.2. The van der Waals surface area contributed by atoms with Crippen molar-refractivity contribution in [1.82, 2.24) is 5.32 Å². The molecule has 88 valence electrons. The third-order valence-electron chi connectivity index (χ3n) is 3.25. The van der Waals surface area contributed by atoms with Crippen LogP contribution >= 0.6 is 11.6 Å². The van der Waals surface area contributed by atoms with Gasteiger partial charge in [-0.1, -0.05) is 17.7 Å². The van der Waals surface area contributed by atoms with E-state index in [4.69, 9.17) is 11.6 Å². The quantitative estimate of drug-likeness (QED) is 0.871. The van der Waals surface area contributed by atoms with E-state index < -0.39 is 0 Å². The smallest absolute Gasteiger partial charge is 0.0455 e. The van der Waals surface area contributed by atoms with Crippen molar-refractivity contribution < 1.29 is 0 Å². The lowest BCUT2D eigenvalue weighted by Gasteiger charge is -2.23. The topological polar surface area (TPSA) is 15.3 Å². The summed E-state index contributed by atoms with van der Waals surface area (Å²) in [7, 11) is 2.13. The molecular formula is C13H19ClN2. The summed E-state index contributed by atoms with van der Waals surface area (Å²) in [6.07, 6.45) is 2.58. The van der Waals surface area contributed by atoms with Crippen LogP contribution in [-0.2, 0) is 0 Å². The van der Waals surface area contributed by atoms with Crippen molar-refractivity contribution in [1.29, 1.82) is 0 Å². The molecule has 0 aliphatic carbocycles. The van der Waals surface area contributed by atoms with Crippen LogP contribution < -0.4 is 10.2 Å². The van der Waals surface area contributed by atoms with Crippen molar-refractivity contribution in [3.05, 3.63) is 28.8 Å². The highest BCUT2D eigenvalue weighted by molar-refractivity contribution is 6.31. The Morgan fingerprint density at radius 3 is 2.94 bits per heavy atom. The molecule has 1 fully saturated rings.